The molecule has 0 bridgehead atoms. The van der Waals surface area contributed by atoms with Crippen LogP contribution in [0.5, 0.6) is 5.75 Å². The number of ether oxygens (including phenoxy) is 1. The molecule has 0 saturated heterocycles. The molecule has 1 aromatic rings. The maximum absolute atomic E-state index is 11.0. The average molecular weight is 237 g/mol. The number of primary amides is 1. The average Bonchev–Trinajstić information content (AvgIpc) is 2.30. The summed E-state index contributed by atoms with van der Waals surface area (Å²) in [4.78, 5) is 11.0. The molecule has 0 heterocycles. The molecule has 0 aromatic heterocycles. The summed E-state index contributed by atoms with van der Waals surface area (Å²) in [5.41, 5.74) is 12.3. The van der Waals surface area contributed by atoms with Gasteiger partial charge in [-0.05, 0) is 25.5 Å². The summed E-state index contributed by atoms with van der Waals surface area (Å²) in [5, 5.41) is 2.95. The van der Waals surface area contributed by atoms with Crippen molar-refractivity contribution in [3.8, 4) is 5.75 Å². The molecule has 0 aliphatic rings. The van der Waals surface area contributed by atoms with Gasteiger partial charge in [0.05, 0.1) is 18.0 Å². The lowest BCUT2D eigenvalue weighted by Crippen LogP contribution is -2.32. The second-order valence-corrected chi connectivity index (χ2v) is 3.83. The summed E-state index contributed by atoms with van der Waals surface area (Å²) in [6.45, 7) is 4.31. The molecule has 17 heavy (non-hydrogen) atoms. The van der Waals surface area contributed by atoms with Gasteiger partial charge in [-0.25, -0.2) is 0 Å². The number of nitrogens with one attached hydrogen (secondary N) is 1. The van der Waals surface area contributed by atoms with E-state index in [9.17, 15) is 4.79 Å². The number of benzene rings is 1. The predicted octanol–water partition coefficient (Wildman–Crippen LogP) is 1.34. The van der Waals surface area contributed by atoms with Gasteiger partial charge in [-0.1, -0.05) is 13.0 Å². The van der Waals surface area contributed by atoms with E-state index >= 15 is 0 Å². The van der Waals surface area contributed by atoms with E-state index in [0.29, 0.717) is 23.7 Å². The molecule has 1 aromatic carbocycles. The maximum atomic E-state index is 11.0. The van der Waals surface area contributed by atoms with Crippen molar-refractivity contribution in [1.29, 1.82) is 0 Å². The predicted molar refractivity (Wildman–Crippen MR) is 68.9 cm³/mol. The largest absolute Gasteiger partial charge is 0.491 e. The lowest BCUT2D eigenvalue weighted by Gasteiger charge is -2.16. The Kier molecular flexibility index (Phi) is 4.63. The molecule has 0 aliphatic carbocycles. The molecule has 1 atom stereocenters. The van der Waals surface area contributed by atoms with Crippen LogP contribution in [0.1, 0.15) is 20.3 Å². The summed E-state index contributed by atoms with van der Waals surface area (Å²) < 4.78 is 5.49. The van der Waals surface area contributed by atoms with Crippen molar-refractivity contribution >= 4 is 17.3 Å². The minimum atomic E-state index is -0.473. The Morgan fingerprint density at radius 1 is 1.53 bits per heavy atom. The van der Waals surface area contributed by atoms with Gasteiger partial charge in [0.1, 0.15) is 11.8 Å². The van der Waals surface area contributed by atoms with Gasteiger partial charge in [0, 0.05) is 0 Å². The van der Waals surface area contributed by atoms with E-state index < -0.39 is 11.9 Å². The number of hydrogen-bond acceptors (Lipinski definition) is 4. The molecule has 0 saturated carbocycles. The van der Waals surface area contributed by atoms with E-state index in [2.05, 4.69) is 5.32 Å². The first-order chi connectivity index (χ1) is 8.06. The zero-order chi connectivity index (χ0) is 12.8. The molecule has 5 nitrogen and oxygen atoms in total. The standard InChI is InChI=1S/C12H19N3O2/c1-3-7-17-10-6-4-5-9(11(10)13)15-8(2)12(14)16/h4-6,8,15H,3,7,13H2,1-2H3,(H2,14,16). The number of nitrogen functional groups attached to an aromatic ring is 1. The highest BCUT2D eigenvalue weighted by molar-refractivity contribution is 5.84. The van der Waals surface area contributed by atoms with Crippen LogP contribution in [-0.4, -0.2) is 18.6 Å². The topological polar surface area (TPSA) is 90.4 Å². The second kappa shape index (κ2) is 5.98. The van der Waals surface area contributed by atoms with Crippen LogP contribution in [0.25, 0.3) is 0 Å². The Hall–Kier alpha value is -1.91. The number of anilines is 2. The SMILES string of the molecule is CCCOc1cccc(NC(C)C(N)=O)c1N. The molecule has 0 spiro atoms. The number of carbonyl (C=O) groups excluding carboxylic acids is 1. The van der Waals surface area contributed by atoms with Crippen LogP contribution in [0.2, 0.25) is 0 Å². The molecule has 0 aliphatic heterocycles. The summed E-state index contributed by atoms with van der Waals surface area (Å²) in [7, 11) is 0. The van der Waals surface area contributed by atoms with Gasteiger partial charge in [-0.2, -0.15) is 0 Å². The van der Waals surface area contributed by atoms with E-state index in [1.54, 1.807) is 19.1 Å². The van der Waals surface area contributed by atoms with E-state index in [-0.39, 0.29) is 0 Å². The van der Waals surface area contributed by atoms with Gasteiger partial charge < -0.3 is 21.5 Å². The first-order valence-electron chi connectivity index (χ1n) is 5.63. The molecule has 0 radical (unpaired) electrons. The highest BCUT2D eigenvalue weighted by Gasteiger charge is 2.11. The molecular weight excluding hydrogens is 218 g/mol. The van der Waals surface area contributed by atoms with Crippen LogP contribution in [-0.2, 0) is 4.79 Å². The summed E-state index contributed by atoms with van der Waals surface area (Å²) in [6, 6.07) is 4.93. The van der Waals surface area contributed by atoms with E-state index in [1.165, 1.54) is 0 Å². The number of para-hydroxylation sites is 1. The highest BCUT2D eigenvalue weighted by atomic mass is 16.5. The molecule has 1 unspecified atom stereocenters. The third-order valence-electron chi connectivity index (χ3n) is 2.33. The van der Waals surface area contributed by atoms with E-state index in [1.807, 2.05) is 13.0 Å². The van der Waals surface area contributed by atoms with Gasteiger partial charge in [0.25, 0.3) is 0 Å². The third-order valence-corrected chi connectivity index (χ3v) is 2.33. The molecular formula is C12H19N3O2. The highest BCUT2D eigenvalue weighted by Crippen LogP contribution is 2.29. The first kappa shape index (κ1) is 13.2. The van der Waals surface area contributed by atoms with Crippen molar-refractivity contribution in [2.45, 2.75) is 26.3 Å². The van der Waals surface area contributed by atoms with Crippen molar-refractivity contribution in [2.75, 3.05) is 17.7 Å². The second-order valence-electron chi connectivity index (χ2n) is 3.83. The lowest BCUT2D eigenvalue weighted by atomic mass is 10.2. The number of amides is 1. The van der Waals surface area contributed by atoms with Crippen LogP contribution < -0.4 is 21.5 Å². The zero-order valence-electron chi connectivity index (χ0n) is 10.2. The molecule has 0 fully saturated rings. The van der Waals surface area contributed by atoms with Crippen molar-refractivity contribution in [1.82, 2.24) is 0 Å². The Morgan fingerprint density at radius 2 is 2.24 bits per heavy atom. The number of rotatable bonds is 6. The van der Waals surface area contributed by atoms with Gasteiger partial charge >= 0.3 is 0 Å². The first-order valence-corrected chi connectivity index (χ1v) is 5.63. The Morgan fingerprint density at radius 3 is 2.82 bits per heavy atom. The van der Waals surface area contributed by atoms with E-state index in [4.69, 9.17) is 16.2 Å². The quantitative estimate of drug-likeness (QED) is 0.651. The lowest BCUT2D eigenvalue weighted by molar-refractivity contribution is -0.118. The van der Waals surface area contributed by atoms with Crippen LogP contribution in [0.4, 0.5) is 11.4 Å². The fourth-order valence-electron chi connectivity index (χ4n) is 1.31. The van der Waals surface area contributed by atoms with Crippen molar-refractivity contribution in [3.63, 3.8) is 0 Å². The van der Waals surface area contributed by atoms with Crippen molar-refractivity contribution in [3.05, 3.63) is 18.2 Å². The molecule has 5 N–H and O–H groups in total. The van der Waals surface area contributed by atoms with Crippen molar-refractivity contribution in [2.24, 2.45) is 5.73 Å². The maximum Gasteiger partial charge on any atom is 0.239 e. The van der Waals surface area contributed by atoms with Gasteiger partial charge in [-0.15, -0.1) is 0 Å². The van der Waals surface area contributed by atoms with Crippen LogP contribution >= 0.6 is 0 Å². The van der Waals surface area contributed by atoms with Gasteiger partial charge in [0.2, 0.25) is 5.91 Å². The van der Waals surface area contributed by atoms with Crippen LogP contribution in [0.15, 0.2) is 18.2 Å². The minimum Gasteiger partial charge on any atom is -0.491 e. The number of hydrogen-bond donors (Lipinski definition) is 3. The van der Waals surface area contributed by atoms with Crippen LogP contribution in [0.3, 0.4) is 0 Å². The Labute approximate surface area is 101 Å². The Balaban J connectivity index is 2.82. The van der Waals surface area contributed by atoms with Crippen molar-refractivity contribution < 1.29 is 9.53 Å². The number of nitrogens with two attached hydrogens (primary N) is 2. The van der Waals surface area contributed by atoms with E-state index in [0.717, 1.165) is 6.42 Å². The fraction of sp³-hybridized carbons (Fsp3) is 0.417. The minimum absolute atomic E-state index is 0.427. The van der Waals surface area contributed by atoms with Gasteiger partial charge in [-0.3, -0.25) is 4.79 Å². The summed E-state index contributed by atoms with van der Waals surface area (Å²) >= 11 is 0. The number of carbonyl (C=O) groups is 1. The normalized spacial score (nSPS) is 11.9. The molecule has 1 amide bonds. The third kappa shape index (κ3) is 3.55. The van der Waals surface area contributed by atoms with Crippen LogP contribution in [0, 0.1) is 0 Å². The molecule has 94 valence electrons. The Bertz CT molecular complexity index is 393. The zero-order valence-corrected chi connectivity index (χ0v) is 10.2. The monoisotopic (exact) mass is 237 g/mol. The van der Waals surface area contributed by atoms with Gasteiger partial charge in [0.15, 0.2) is 0 Å². The summed E-state index contributed by atoms with van der Waals surface area (Å²) in [5.74, 6) is 0.192. The smallest absolute Gasteiger partial charge is 0.239 e. The molecule has 1 rings (SSSR count). The molecule has 5 heteroatoms. The summed E-state index contributed by atoms with van der Waals surface area (Å²) in [6.07, 6.45) is 0.911. The fourth-order valence-corrected chi connectivity index (χ4v) is 1.31.